The second-order valence-electron chi connectivity index (χ2n) is 6.89. The zero-order valence-corrected chi connectivity index (χ0v) is 15.5. The summed E-state index contributed by atoms with van der Waals surface area (Å²) in [5, 5.41) is 3.08. The van der Waals surface area contributed by atoms with Gasteiger partial charge in [-0.3, -0.25) is 4.79 Å². The highest BCUT2D eigenvalue weighted by molar-refractivity contribution is 5.89. The SMILES string of the molecule is CCOC1CC(N)(C(=O)NC(C)c2ccccc2C)C1(C)C.Cl. The van der Waals surface area contributed by atoms with Gasteiger partial charge in [-0.1, -0.05) is 38.1 Å². The molecule has 1 aliphatic rings. The number of amides is 1. The lowest BCUT2D eigenvalue weighted by Crippen LogP contribution is -2.75. The van der Waals surface area contributed by atoms with Crippen LogP contribution >= 0.6 is 12.4 Å². The molecule has 1 saturated carbocycles. The molecule has 0 aliphatic heterocycles. The lowest BCUT2D eigenvalue weighted by atomic mass is 9.54. The van der Waals surface area contributed by atoms with Crippen molar-refractivity contribution >= 4 is 18.3 Å². The predicted octanol–water partition coefficient (Wildman–Crippen LogP) is 3.13. The smallest absolute Gasteiger partial charge is 0.241 e. The Morgan fingerprint density at radius 1 is 1.43 bits per heavy atom. The molecule has 0 radical (unpaired) electrons. The average Bonchev–Trinajstić information content (AvgIpc) is 2.47. The minimum Gasteiger partial charge on any atom is -0.378 e. The van der Waals surface area contributed by atoms with Crippen LogP contribution in [0.5, 0.6) is 0 Å². The van der Waals surface area contributed by atoms with E-state index in [2.05, 4.69) is 18.3 Å². The minimum atomic E-state index is -0.871. The molecule has 5 heteroatoms. The van der Waals surface area contributed by atoms with Crippen LogP contribution in [0.2, 0.25) is 0 Å². The maximum atomic E-state index is 12.7. The van der Waals surface area contributed by atoms with E-state index in [0.29, 0.717) is 13.0 Å². The molecule has 1 fully saturated rings. The normalized spacial score (nSPS) is 26.6. The van der Waals surface area contributed by atoms with E-state index in [-0.39, 0.29) is 35.9 Å². The molecule has 3 unspecified atom stereocenters. The summed E-state index contributed by atoms with van der Waals surface area (Å²) >= 11 is 0. The van der Waals surface area contributed by atoms with Crippen molar-refractivity contribution in [2.24, 2.45) is 11.1 Å². The lowest BCUT2D eigenvalue weighted by molar-refractivity contribution is -0.171. The van der Waals surface area contributed by atoms with Gasteiger partial charge in [-0.15, -0.1) is 12.4 Å². The quantitative estimate of drug-likeness (QED) is 0.865. The fourth-order valence-electron chi connectivity index (χ4n) is 3.30. The van der Waals surface area contributed by atoms with Crippen molar-refractivity contribution in [3.63, 3.8) is 0 Å². The Morgan fingerprint density at radius 3 is 2.57 bits per heavy atom. The van der Waals surface area contributed by atoms with E-state index in [1.807, 2.05) is 45.9 Å². The molecule has 0 spiro atoms. The monoisotopic (exact) mass is 340 g/mol. The third-order valence-electron chi connectivity index (χ3n) is 5.24. The van der Waals surface area contributed by atoms with Crippen LogP contribution < -0.4 is 11.1 Å². The van der Waals surface area contributed by atoms with E-state index < -0.39 is 5.54 Å². The molecule has 0 heterocycles. The molecule has 1 aromatic rings. The molecule has 2 rings (SSSR count). The first-order valence-corrected chi connectivity index (χ1v) is 8.01. The first kappa shape index (κ1) is 19.9. The van der Waals surface area contributed by atoms with Gasteiger partial charge in [0.2, 0.25) is 5.91 Å². The summed E-state index contributed by atoms with van der Waals surface area (Å²) in [6.07, 6.45) is 0.613. The molecule has 1 aliphatic carbocycles. The van der Waals surface area contributed by atoms with Crippen LogP contribution in [0.15, 0.2) is 24.3 Å². The van der Waals surface area contributed by atoms with E-state index >= 15 is 0 Å². The third kappa shape index (κ3) is 3.39. The molecule has 0 bridgehead atoms. The maximum Gasteiger partial charge on any atom is 0.241 e. The van der Waals surface area contributed by atoms with Gasteiger partial charge in [-0.25, -0.2) is 0 Å². The predicted molar refractivity (Wildman–Crippen MR) is 95.7 cm³/mol. The van der Waals surface area contributed by atoms with Gasteiger partial charge in [0.1, 0.15) is 5.54 Å². The van der Waals surface area contributed by atoms with Gasteiger partial charge in [0.25, 0.3) is 0 Å². The number of hydrogen-bond donors (Lipinski definition) is 2. The topological polar surface area (TPSA) is 64.3 Å². The van der Waals surface area contributed by atoms with Crippen LogP contribution in [-0.2, 0) is 9.53 Å². The van der Waals surface area contributed by atoms with Crippen LogP contribution in [0.1, 0.15) is 51.3 Å². The van der Waals surface area contributed by atoms with Gasteiger partial charge in [0.05, 0.1) is 12.1 Å². The summed E-state index contributed by atoms with van der Waals surface area (Å²) in [6.45, 7) is 10.7. The number of hydrogen-bond acceptors (Lipinski definition) is 3. The summed E-state index contributed by atoms with van der Waals surface area (Å²) in [6, 6.07) is 8.02. The number of rotatable bonds is 5. The summed E-state index contributed by atoms with van der Waals surface area (Å²) in [7, 11) is 0. The summed E-state index contributed by atoms with van der Waals surface area (Å²) < 4.78 is 5.69. The van der Waals surface area contributed by atoms with Gasteiger partial charge in [-0.2, -0.15) is 0 Å². The van der Waals surface area contributed by atoms with E-state index in [4.69, 9.17) is 10.5 Å². The number of nitrogens with one attached hydrogen (secondary N) is 1. The van der Waals surface area contributed by atoms with E-state index in [1.54, 1.807) is 0 Å². The van der Waals surface area contributed by atoms with Crippen molar-refractivity contribution in [3.05, 3.63) is 35.4 Å². The van der Waals surface area contributed by atoms with Gasteiger partial charge >= 0.3 is 0 Å². The Morgan fingerprint density at radius 2 is 2.04 bits per heavy atom. The largest absolute Gasteiger partial charge is 0.378 e. The Balaban J connectivity index is 0.00000264. The zero-order valence-electron chi connectivity index (χ0n) is 14.7. The van der Waals surface area contributed by atoms with Crippen LogP contribution in [0.25, 0.3) is 0 Å². The van der Waals surface area contributed by atoms with Crippen molar-refractivity contribution in [1.82, 2.24) is 5.32 Å². The molecular weight excluding hydrogens is 312 g/mol. The fraction of sp³-hybridized carbons (Fsp3) is 0.611. The Bertz CT molecular complexity index is 562. The maximum absolute atomic E-state index is 12.7. The van der Waals surface area contributed by atoms with Crippen molar-refractivity contribution in [2.45, 2.75) is 58.7 Å². The number of halogens is 1. The second kappa shape index (κ2) is 7.20. The molecule has 1 amide bonds. The standard InChI is InChI=1S/C18H28N2O2.ClH/c1-6-22-15-11-18(19,17(15,4)5)16(21)20-13(3)14-10-8-7-9-12(14)2;/h7-10,13,15H,6,11,19H2,1-5H3,(H,20,21);1H. The molecule has 0 aromatic heterocycles. The van der Waals surface area contributed by atoms with Crippen molar-refractivity contribution in [1.29, 1.82) is 0 Å². The zero-order chi connectivity index (χ0) is 16.5. The van der Waals surface area contributed by atoms with Crippen LogP contribution in [0.3, 0.4) is 0 Å². The van der Waals surface area contributed by atoms with Crippen LogP contribution in [0.4, 0.5) is 0 Å². The van der Waals surface area contributed by atoms with E-state index in [1.165, 1.54) is 5.56 Å². The first-order chi connectivity index (χ1) is 10.2. The number of nitrogens with two attached hydrogens (primary N) is 1. The average molecular weight is 341 g/mol. The molecule has 1 aromatic carbocycles. The molecule has 3 N–H and O–H groups in total. The second-order valence-corrected chi connectivity index (χ2v) is 6.89. The number of ether oxygens (including phenoxy) is 1. The van der Waals surface area contributed by atoms with Gasteiger partial charge < -0.3 is 15.8 Å². The third-order valence-corrected chi connectivity index (χ3v) is 5.24. The van der Waals surface area contributed by atoms with Crippen molar-refractivity contribution in [3.8, 4) is 0 Å². The molecular formula is C18H29ClN2O2. The van der Waals surface area contributed by atoms with Crippen molar-refractivity contribution < 1.29 is 9.53 Å². The lowest BCUT2D eigenvalue weighted by Gasteiger charge is -2.57. The van der Waals surface area contributed by atoms with Gasteiger partial charge in [0.15, 0.2) is 0 Å². The molecule has 0 saturated heterocycles. The summed E-state index contributed by atoms with van der Waals surface area (Å²) in [5.41, 5.74) is 7.47. The minimum absolute atomic E-state index is 0. The Labute approximate surface area is 145 Å². The molecule has 130 valence electrons. The van der Waals surface area contributed by atoms with Gasteiger partial charge in [0, 0.05) is 18.4 Å². The van der Waals surface area contributed by atoms with Crippen molar-refractivity contribution in [2.75, 3.05) is 6.61 Å². The summed E-state index contributed by atoms with van der Waals surface area (Å²) in [4.78, 5) is 12.7. The fourth-order valence-corrected chi connectivity index (χ4v) is 3.30. The number of benzene rings is 1. The highest BCUT2D eigenvalue weighted by Gasteiger charge is 2.62. The molecule has 23 heavy (non-hydrogen) atoms. The van der Waals surface area contributed by atoms with E-state index in [0.717, 1.165) is 5.56 Å². The molecule has 4 nitrogen and oxygen atoms in total. The number of carbonyl (C=O) groups is 1. The van der Waals surface area contributed by atoms with E-state index in [9.17, 15) is 4.79 Å². The molecule has 3 atom stereocenters. The first-order valence-electron chi connectivity index (χ1n) is 8.01. The Hall–Kier alpha value is -1.10. The number of aryl methyl sites for hydroxylation is 1. The Kier molecular flexibility index (Phi) is 6.25. The highest BCUT2D eigenvalue weighted by atomic mass is 35.5. The van der Waals surface area contributed by atoms with Gasteiger partial charge in [-0.05, 0) is 31.9 Å². The van der Waals surface area contributed by atoms with Crippen LogP contribution in [-0.4, -0.2) is 24.2 Å². The van der Waals surface area contributed by atoms with Crippen LogP contribution in [0, 0.1) is 12.3 Å². The highest BCUT2D eigenvalue weighted by Crippen LogP contribution is 2.50. The summed E-state index contributed by atoms with van der Waals surface area (Å²) in [5.74, 6) is -0.0933. The number of carbonyl (C=O) groups excluding carboxylic acids is 1.